The highest BCUT2D eigenvalue weighted by Gasteiger charge is 2.18. The molecule has 0 fully saturated rings. The lowest BCUT2D eigenvalue weighted by Gasteiger charge is -2.08. The van der Waals surface area contributed by atoms with Crippen molar-refractivity contribution in [2.45, 2.75) is 33.2 Å². The third-order valence-corrected chi connectivity index (χ3v) is 4.13. The lowest BCUT2D eigenvalue weighted by molar-refractivity contribution is 0.418. The summed E-state index contributed by atoms with van der Waals surface area (Å²) in [5.74, 6) is 1.31. The normalized spacial score (nSPS) is 12.0. The number of benzene rings is 1. The number of aromatic nitrogens is 3. The van der Waals surface area contributed by atoms with Crippen molar-refractivity contribution in [2.75, 3.05) is 7.05 Å². The van der Waals surface area contributed by atoms with E-state index in [2.05, 4.69) is 59.0 Å². The van der Waals surface area contributed by atoms with Crippen LogP contribution in [-0.2, 0) is 6.42 Å². The van der Waals surface area contributed by atoms with Gasteiger partial charge in [-0.25, -0.2) is 0 Å². The van der Waals surface area contributed by atoms with Gasteiger partial charge in [0, 0.05) is 29.5 Å². The molecule has 0 saturated heterocycles. The Morgan fingerprint density at radius 1 is 1.21 bits per heavy atom. The van der Waals surface area contributed by atoms with Crippen LogP contribution in [0.1, 0.15) is 24.1 Å². The molecule has 0 amide bonds. The molecule has 24 heavy (non-hydrogen) atoms. The molecule has 6 heteroatoms. The standard InChI is InChI=1S/C18H22N4O.ClH/c1-12(19-4)10-17-20-18(23-21-17)16-11-13(2)22(14(16)3)15-8-6-5-7-9-15;/h5-9,11-12,19H,10H2,1-4H3;1H. The van der Waals surface area contributed by atoms with Gasteiger partial charge < -0.3 is 14.4 Å². The number of nitrogens with one attached hydrogen (secondary N) is 1. The van der Waals surface area contributed by atoms with Crippen LogP contribution in [0.15, 0.2) is 40.9 Å². The Labute approximate surface area is 148 Å². The molecule has 0 bridgehead atoms. The maximum absolute atomic E-state index is 5.48. The Morgan fingerprint density at radius 3 is 2.58 bits per heavy atom. The molecule has 0 radical (unpaired) electrons. The molecule has 1 N–H and O–H groups in total. The number of rotatable bonds is 5. The molecule has 0 aliphatic carbocycles. The van der Waals surface area contributed by atoms with E-state index in [1.807, 2.05) is 25.2 Å². The Balaban J connectivity index is 0.00000208. The van der Waals surface area contributed by atoms with Crippen LogP contribution < -0.4 is 5.32 Å². The van der Waals surface area contributed by atoms with E-state index >= 15 is 0 Å². The third-order valence-electron chi connectivity index (χ3n) is 4.13. The number of nitrogens with zero attached hydrogens (tertiary/aromatic N) is 3. The minimum Gasteiger partial charge on any atom is -0.334 e. The van der Waals surface area contributed by atoms with Crippen LogP contribution in [0, 0.1) is 13.8 Å². The van der Waals surface area contributed by atoms with Gasteiger partial charge in [0.2, 0.25) is 0 Å². The first-order chi connectivity index (χ1) is 11.1. The molecule has 5 nitrogen and oxygen atoms in total. The van der Waals surface area contributed by atoms with E-state index < -0.39 is 0 Å². The van der Waals surface area contributed by atoms with Gasteiger partial charge in [0.25, 0.3) is 5.89 Å². The molecule has 0 saturated carbocycles. The largest absolute Gasteiger partial charge is 0.334 e. The predicted octanol–water partition coefficient (Wildman–Crippen LogP) is 3.72. The van der Waals surface area contributed by atoms with E-state index in [-0.39, 0.29) is 12.4 Å². The van der Waals surface area contributed by atoms with Gasteiger partial charge in [-0.15, -0.1) is 12.4 Å². The van der Waals surface area contributed by atoms with Gasteiger partial charge in [0.1, 0.15) is 0 Å². The van der Waals surface area contributed by atoms with Crippen LogP contribution in [0.25, 0.3) is 17.1 Å². The quantitative estimate of drug-likeness (QED) is 0.765. The molecule has 3 rings (SSSR count). The molecule has 2 heterocycles. The fourth-order valence-corrected chi connectivity index (χ4v) is 2.78. The SMILES string of the molecule is CNC(C)Cc1noc(-c2cc(C)n(-c3ccccc3)c2C)n1.Cl. The van der Waals surface area contributed by atoms with E-state index in [0.29, 0.717) is 11.9 Å². The number of hydrogen-bond acceptors (Lipinski definition) is 4. The van der Waals surface area contributed by atoms with E-state index in [0.717, 1.165) is 34.9 Å². The van der Waals surface area contributed by atoms with Gasteiger partial charge in [0.15, 0.2) is 5.82 Å². The zero-order valence-electron chi connectivity index (χ0n) is 14.4. The van der Waals surface area contributed by atoms with Crippen LogP contribution in [0.3, 0.4) is 0 Å². The van der Waals surface area contributed by atoms with Crippen molar-refractivity contribution in [1.82, 2.24) is 20.0 Å². The lowest BCUT2D eigenvalue weighted by Crippen LogP contribution is -2.24. The average Bonchev–Trinajstić information content (AvgIpc) is 3.12. The second kappa shape index (κ2) is 7.64. The van der Waals surface area contributed by atoms with Crippen molar-refractivity contribution < 1.29 is 4.52 Å². The zero-order chi connectivity index (χ0) is 16.4. The number of hydrogen-bond donors (Lipinski definition) is 1. The summed E-state index contributed by atoms with van der Waals surface area (Å²) >= 11 is 0. The molecule has 128 valence electrons. The van der Waals surface area contributed by atoms with E-state index in [1.165, 1.54) is 0 Å². The van der Waals surface area contributed by atoms with Crippen molar-refractivity contribution in [1.29, 1.82) is 0 Å². The average molecular weight is 347 g/mol. The highest BCUT2D eigenvalue weighted by Crippen LogP contribution is 2.28. The summed E-state index contributed by atoms with van der Waals surface area (Å²) in [6, 6.07) is 12.7. The minimum atomic E-state index is 0. The second-order valence-electron chi connectivity index (χ2n) is 5.87. The fraction of sp³-hybridized carbons (Fsp3) is 0.333. The lowest BCUT2D eigenvalue weighted by atomic mass is 10.2. The van der Waals surface area contributed by atoms with Gasteiger partial charge in [-0.1, -0.05) is 23.4 Å². The van der Waals surface area contributed by atoms with Crippen molar-refractivity contribution in [3.8, 4) is 17.1 Å². The number of aryl methyl sites for hydroxylation is 1. The van der Waals surface area contributed by atoms with Crippen LogP contribution in [-0.4, -0.2) is 27.8 Å². The minimum absolute atomic E-state index is 0. The first kappa shape index (κ1) is 18.2. The van der Waals surface area contributed by atoms with Crippen LogP contribution in [0.4, 0.5) is 0 Å². The third kappa shape index (κ3) is 3.52. The number of likely N-dealkylation sites (N-methyl/N-ethyl adjacent to an activating group) is 1. The van der Waals surface area contributed by atoms with Crippen molar-refractivity contribution in [3.63, 3.8) is 0 Å². The maximum atomic E-state index is 5.48. The highest BCUT2D eigenvalue weighted by atomic mass is 35.5. The molecular formula is C18H23ClN4O. The fourth-order valence-electron chi connectivity index (χ4n) is 2.78. The van der Waals surface area contributed by atoms with Gasteiger partial charge in [-0.2, -0.15) is 4.98 Å². The molecule has 1 aromatic carbocycles. The van der Waals surface area contributed by atoms with Crippen molar-refractivity contribution in [2.24, 2.45) is 0 Å². The molecule has 2 aromatic heterocycles. The smallest absolute Gasteiger partial charge is 0.259 e. The molecule has 1 unspecified atom stereocenters. The summed E-state index contributed by atoms with van der Waals surface area (Å²) in [5, 5.41) is 7.28. The summed E-state index contributed by atoms with van der Waals surface area (Å²) in [6.45, 7) is 6.26. The van der Waals surface area contributed by atoms with E-state index in [1.54, 1.807) is 0 Å². The molecule has 0 aliphatic heterocycles. The summed E-state index contributed by atoms with van der Waals surface area (Å²) < 4.78 is 7.68. The van der Waals surface area contributed by atoms with Crippen LogP contribution >= 0.6 is 12.4 Å². The molecule has 0 spiro atoms. The maximum Gasteiger partial charge on any atom is 0.259 e. The van der Waals surface area contributed by atoms with Crippen LogP contribution in [0.5, 0.6) is 0 Å². The van der Waals surface area contributed by atoms with Gasteiger partial charge in [-0.05, 0) is 46.0 Å². The van der Waals surface area contributed by atoms with E-state index in [9.17, 15) is 0 Å². The topological polar surface area (TPSA) is 55.9 Å². The molecule has 1 atom stereocenters. The summed E-state index contributed by atoms with van der Waals surface area (Å²) in [7, 11) is 1.93. The second-order valence-corrected chi connectivity index (χ2v) is 5.87. The summed E-state index contributed by atoms with van der Waals surface area (Å²) in [5.41, 5.74) is 4.37. The number of halogens is 1. The molecular weight excluding hydrogens is 324 g/mol. The monoisotopic (exact) mass is 346 g/mol. The Bertz CT molecular complexity index is 795. The van der Waals surface area contributed by atoms with Crippen LogP contribution in [0.2, 0.25) is 0 Å². The Kier molecular flexibility index (Phi) is 5.80. The predicted molar refractivity (Wildman–Crippen MR) is 98.0 cm³/mol. The first-order valence-electron chi connectivity index (χ1n) is 7.84. The summed E-state index contributed by atoms with van der Waals surface area (Å²) in [4.78, 5) is 4.55. The number of para-hydroxylation sites is 1. The first-order valence-corrected chi connectivity index (χ1v) is 7.84. The van der Waals surface area contributed by atoms with Gasteiger partial charge in [-0.3, -0.25) is 0 Å². The highest BCUT2D eigenvalue weighted by molar-refractivity contribution is 5.85. The van der Waals surface area contributed by atoms with Gasteiger partial charge >= 0.3 is 0 Å². The zero-order valence-corrected chi connectivity index (χ0v) is 15.2. The van der Waals surface area contributed by atoms with E-state index in [4.69, 9.17) is 4.52 Å². The van der Waals surface area contributed by atoms with Crippen molar-refractivity contribution in [3.05, 3.63) is 53.6 Å². The Morgan fingerprint density at radius 2 is 1.92 bits per heavy atom. The Hall–Kier alpha value is -2.11. The molecule has 0 aliphatic rings. The van der Waals surface area contributed by atoms with Crippen molar-refractivity contribution >= 4 is 12.4 Å². The summed E-state index contributed by atoms with van der Waals surface area (Å²) in [6.07, 6.45) is 0.747. The molecule has 3 aromatic rings. The van der Waals surface area contributed by atoms with Gasteiger partial charge in [0.05, 0.1) is 5.56 Å².